The lowest BCUT2D eigenvalue weighted by Gasteiger charge is -2.41. The molecule has 0 saturated heterocycles. The van der Waals surface area contributed by atoms with Gasteiger partial charge < -0.3 is 20.3 Å². The van der Waals surface area contributed by atoms with Crippen molar-refractivity contribution in [3.8, 4) is 11.5 Å². The van der Waals surface area contributed by atoms with Gasteiger partial charge in [-0.3, -0.25) is 9.69 Å². The van der Waals surface area contributed by atoms with E-state index in [2.05, 4.69) is 0 Å². The monoisotopic (exact) mass is 294 g/mol. The molecule has 116 valence electrons. The Kier molecular flexibility index (Phi) is 4.39. The number of aliphatic carboxylic acids is 1. The molecule has 3 N–H and O–H groups in total. The van der Waals surface area contributed by atoms with E-state index in [0.29, 0.717) is 17.9 Å². The van der Waals surface area contributed by atoms with Gasteiger partial charge in [0.2, 0.25) is 0 Å². The van der Waals surface area contributed by atoms with Gasteiger partial charge in [-0.25, -0.2) is 0 Å². The van der Waals surface area contributed by atoms with Crippen LogP contribution in [0.25, 0.3) is 0 Å². The van der Waals surface area contributed by atoms with Gasteiger partial charge in [0, 0.05) is 6.04 Å². The molecule has 0 fully saturated rings. The molecule has 0 bridgehead atoms. The molecule has 0 saturated carbocycles. The topological polar surface area (TPSA) is 85.0 Å². The highest BCUT2D eigenvalue weighted by Crippen LogP contribution is 2.40. The molecule has 1 aromatic carbocycles. The van der Waals surface area contributed by atoms with Crippen molar-refractivity contribution >= 4 is 5.97 Å². The lowest BCUT2D eigenvalue weighted by Crippen LogP contribution is -2.50. The van der Waals surface area contributed by atoms with Crippen molar-refractivity contribution in [3.05, 3.63) is 23.3 Å². The quantitative estimate of drug-likeness (QED) is 0.863. The van der Waals surface area contributed by atoms with Crippen LogP contribution in [0.2, 0.25) is 0 Å². The Bertz CT molecular complexity index is 545. The van der Waals surface area contributed by atoms with Crippen LogP contribution < -0.4 is 15.2 Å². The van der Waals surface area contributed by atoms with Crippen molar-refractivity contribution in [2.45, 2.75) is 31.5 Å². The Morgan fingerprint density at radius 3 is 2.43 bits per heavy atom. The zero-order valence-electron chi connectivity index (χ0n) is 12.8. The summed E-state index contributed by atoms with van der Waals surface area (Å²) in [7, 11) is 4.95. The first-order valence-electron chi connectivity index (χ1n) is 6.85. The first kappa shape index (κ1) is 15.6. The van der Waals surface area contributed by atoms with Gasteiger partial charge >= 0.3 is 5.97 Å². The number of nitrogens with two attached hydrogens (primary N) is 1. The van der Waals surface area contributed by atoms with Crippen molar-refractivity contribution in [2.75, 3.05) is 21.3 Å². The molecular weight excluding hydrogens is 272 g/mol. The fourth-order valence-corrected chi connectivity index (χ4v) is 3.07. The normalized spacial score (nSPS) is 23.3. The number of carboxylic acid groups (broad SMARTS) is 1. The van der Waals surface area contributed by atoms with Crippen LogP contribution in [0.5, 0.6) is 11.5 Å². The van der Waals surface area contributed by atoms with Crippen LogP contribution in [0.4, 0.5) is 0 Å². The van der Waals surface area contributed by atoms with Gasteiger partial charge in [0.15, 0.2) is 11.5 Å². The van der Waals surface area contributed by atoms with E-state index < -0.39 is 12.0 Å². The second-order valence-electron chi connectivity index (χ2n) is 5.43. The van der Waals surface area contributed by atoms with Crippen LogP contribution in [0, 0.1) is 0 Å². The zero-order valence-corrected chi connectivity index (χ0v) is 12.8. The molecule has 0 unspecified atom stereocenters. The highest BCUT2D eigenvalue weighted by Gasteiger charge is 2.38. The van der Waals surface area contributed by atoms with Crippen LogP contribution in [-0.2, 0) is 11.2 Å². The van der Waals surface area contributed by atoms with E-state index in [4.69, 9.17) is 15.2 Å². The summed E-state index contributed by atoms with van der Waals surface area (Å²) in [6, 6.07) is 2.79. The van der Waals surface area contributed by atoms with E-state index in [1.165, 1.54) is 0 Å². The third-order valence-electron chi connectivity index (χ3n) is 4.09. The molecule has 1 aliphatic heterocycles. The molecule has 0 aliphatic carbocycles. The highest BCUT2D eigenvalue weighted by molar-refractivity contribution is 5.75. The van der Waals surface area contributed by atoms with Gasteiger partial charge in [0.1, 0.15) is 6.04 Å². The summed E-state index contributed by atoms with van der Waals surface area (Å²) in [5, 5.41) is 9.42. The molecular formula is C15H22N2O4. The number of hydrogen-bond donors (Lipinski definition) is 2. The number of hydrogen-bond acceptors (Lipinski definition) is 5. The molecule has 1 heterocycles. The average Bonchev–Trinajstić information content (AvgIpc) is 2.44. The van der Waals surface area contributed by atoms with Crippen molar-refractivity contribution < 1.29 is 19.4 Å². The average molecular weight is 294 g/mol. The molecule has 1 aromatic rings. The number of carbonyl (C=O) groups is 1. The molecule has 1 aliphatic rings. The summed E-state index contributed by atoms with van der Waals surface area (Å²) in [6.07, 6.45) is 0.421. The van der Waals surface area contributed by atoms with Gasteiger partial charge in [0.05, 0.1) is 20.3 Å². The molecule has 3 atom stereocenters. The second kappa shape index (κ2) is 5.91. The van der Waals surface area contributed by atoms with Crippen molar-refractivity contribution in [3.63, 3.8) is 0 Å². The van der Waals surface area contributed by atoms with E-state index >= 15 is 0 Å². The largest absolute Gasteiger partial charge is 0.493 e. The predicted molar refractivity (Wildman–Crippen MR) is 78.8 cm³/mol. The van der Waals surface area contributed by atoms with E-state index in [1.54, 1.807) is 21.3 Å². The van der Waals surface area contributed by atoms with Crippen LogP contribution in [-0.4, -0.2) is 49.3 Å². The number of nitrogens with zero attached hydrogens (tertiary/aromatic N) is 1. The van der Waals surface area contributed by atoms with Crippen molar-refractivity contribution in [1.82, 2.24) is 4.90 Å². The van der Waals surface area contributed by atoms with Gasteiger partial charge in [-0.2, -0.15) is 0 Å². The second-order valence-corrected chi connectivity index (χ2v) is 5.43. The number of methoxy groups -OCH3 is 2. The maximum Gasteiger partial charge on any atom is 0.321 e. The molecule has 6 nitrogen and oxygen atoms in total. The maximum atomic E-state index is 11.5. The summed E-state index contributed by atoms with van der Waals surface area (Å²) >= 11 is 0. The molecule has 0 radical (unpaired) electrons. The number of carboxylic acids is 1. The summed E-state index contributed by atoms with van der Waals surface area (Å²) < 4.78 is 10.6. The van der Waals surface area contributed by atoms with Gasteiger partial charge in [-0.1, -0.05) is 0 Å². The Hall–Kier alpha value is -1.79. The minimum atomic E-state index is -0.844. The molecule has 0 aromatic heterocycles. The van der Waals surface area contributed by atoms with Crippen LogP contribution in [0.3, 0.4) is 0 Å². The summed E-state index contributed by atoms with van der Waals surface area (Å²) in [4.78, 5) is 13.3. The minimum absolute atomic E-state index is 0.172. The lowest BCUT2D eigenvalue weighted by atomic mass is 9.85. The minimum Gasteiger partial charge on any atom is -0.493 e. The number of ether oxygens (including phenoxy) is 2. The van der Waals surface area contributed by atoms with E-state index in [-0.39, 0.29) is 12.1 Å². The molecule has 6 heteroatoms. The number of likely N-dealkylation sites (N-methyl/N-ethyl adjacent to an activating group) is 1. The van der Waals surface area contributed by atoms with Gasteiger partial charge in [0.25, 0.3) is 0 Å². The Balaban J connectivity index is 2.58. The van der Waals surface area contributed by atoms with Crippen molar-refractivity contribution in [2.24, 2.45) is 5.73 Å². The smallest absolute Gasteiger partial charge is 0.321 e. The maximum absolute atomic E-state index is 11.5. The molecule has 0 amide bonds. The molecule has 0 spiro atoms. The van der Waals surface area contributed by atoms with E-state index in [1.807, 2.05) is 24.0 Å². The number of fused-ring (bicyclic) bond motifs is 1. The summed E-state index contributed by atoms with van der Waals surface area (Å²) in [6.45, 7) is 1.88. The van der Waals surface area contributed by atoms with E-state index in [9.17, 15) is 9.90 Å². The lowest BCUT2D eigenvalue weighted by molar-refractivity contribution is -0.144. The number of benzene rings is 1. The van der Waals surface area contributed by atoms with E-state index in [0.717, 1.165) is 11.1 Å². The van der Waals surface area contributed by atoms with Crippen LogP contribution in [0.15, 0.2) is 12.1 Å². The Morgan fingerprint density at radius 1 is 1.38 bits per heavy atom. The third-order valence-corrected chi connectivity index (χ3v) is 4.09. The third kappa shape index (κ3) is 2.69. The highest BCUT2D eigenvalue weighted by atomic mass is 16.5. The van der Waals surface area contributed by atoms with Crippen molar-refractivity contribution in [1.29, 1.82) is 0 Å². The molecule has 2 rings (SSSR count). The number of rotatable bonds is 4. The fourth-order valence-electron chi connectivity index (χ4n) is 3.07. The molecule has 21 heavy (non-hydrogen) atoms. The zero-order chi connectivity index (χ0) is 15.7. The first-order valence-corrected chi connectivity index (χ1v) is 6.85. The van der Waals surface area contributed by atoms with Crippen LogP contribution >= 0.6 is 0 Å². The fraction of sp³-hybridized carbons (Fsp3) is 0.533. The van der Waals surface area contributed by atoms with Gasteiger partial charge in [-0.05, 0) is 43.7 Å². The summed E-state index contributed by atoms with van der Waals surface area (Å²) in [5.41, 5.74) is 8.04. The van der Waals surface area contributed by atoms with Crippen LogP contribution in [0.1, 0.15) is 24.1 Å². The van der Waals surface area contributed by atoms with Gasteiger partial charge in [-0.15, -0.1) is 0 Å². The standard InChI is InChI=1S/C15H22N2O4/c1-8(16)14-10-7-13(21-4)12(20-3)6-9(10)5-11(15(18)19)17(14)2/h6-8,11,14H,5,16H2,1-4H3,(H,18,19)/t8-,11-,14-/m0/s1. The Labute approximate surface area is 124 Å². The summed E-state index contributed by atoms with van der Waals surface area (Å²) in [5.74, 6) is 0.390. The predicted octanol–water partition coefficient (Wildman–Crippen LogP) is 1.03. The SMILES string of the molecule is COc1cc2c(cc1OC)[C@H]([C@H](C)N)N(C)[C@H](C(=O)O)C2. The Morgan fingerprint density at radius 2 is 1.95 bits per heavy atom. The first-order chi connectivity index (χ1) is 9.90.